The number of hydrogen-bond acceptors (Lipinski definition) is 3. The van der Waals surface area contributed by atoms with E-state index >= 15 is 0 Å². The molecule has 0 fully saturated rings. The van der Waals surface area contributed by atoms with E-state index in [1.165, 1.54) is 0 Å². The Bertz CT molecular complexity index is 1450. The number of aryl methyl sites for hydroxylation is 2. The van der Waals surface area contributed by atoms with Gasteiger partial charge in [-0.1, -0.05) is 53.6 Å². The quantitative estimate of drug-likeness (QED) is 0.217. The zero-order valence-corrected chi connectivity index (χ0v) is 19.0. The van der Waals surface area contributed by atoms with Crippen LogP contribution >= 0.6 is 11.6 Å². The van der Waals surface area contributed by atoms with Gasteiger partial charge in [0.2, 0.25) is 0 Å². The van der Waals surface area contributed by atoms with Gasteiger partial charge in [0.05, 0.1) is 16.9 Å². The van der Waals surface area contributed by atoms with Gasteiger partial charge >= 0.3 is 5.97 Å². The van der Waals surface area contributed by atoms with Crippen molar-refractivity contribution in [1.29, 1.82) is 0 Å². The number of carbonyl (C=O) groups is 1. The lowest BCUT2D eigenvalue weighted by atomic mass is 10.0. The first-order valence-corrected chi connectivity index (χ1v) is 11.4. The number of nitrogens with zero attached hydrogens (tertiary/aromatic N) is 1. The lowest BCUT2D eigenvalue weighted by molar-refractivity contribution is -0.134. The summed E-state index contributed by atoms with van der Waals surface area (Å²) in [5.74, 6) is 0.340. The predicted octanol–water partition coefficient (Wildman–Crippen LogP) is 7.27. The van der Waals surface area contributed by atoms with Crippen molar-refractivity contribution >= 4 is 39.4 Å². The van der Waals surface area contributed by atoms with E-state index < -0.39 is 0 Å². The molecule has 0 aliphatic rings. The number of fused-ring (bicyclic) bond motifs is 2. The average molecular weight is 455 g/mol. The van der Waals surface area contributed by atoms with Crippen LogP contribution in [0.4, 0.5) is 0 Å². The Morgan fingerprint density at radius 1 is 1.00 bits per heavy atom. The fourth-order valence-electron chi connectivity index (χ4n) is 4.10. The number of esters is 1. The minimum absolute atomic E-state index is 0.234. The van der Waals surface area contributed by atoms with E-state index in [1.54, 1.807) is 0 Å². The Morgan fingerprint density at radius 2 is 1.82 bits per heavy atom. The monoisotopic (exact) mass is 454 g/mol. The normalized spacial score (nSPS) is 11.2. The van der Waals surface area contributed by atoms with E-state index in [9.17, 15) is 4.79 Å². The highest BCUT2D eigenvalue weighted by atomic mass is 35.5. The van der Waals surface area contributed by atoms with E-state index in [1.807, 2.05) is 73.7 Å². The van der Waals surface area contributed by atoms with Crippen molar-refractivity contribution in [3.05, 3.63) is 95.0 Å². The SMILES string of the molecule is Cc1ccc(OC(=O)CCCc2c(-c3ccc4ccccc4n3)[nH]c3ccc(Cl)cc23)cc1. The van der Waals surface area contributed by atoms with Crippen molar-refractivity contribution in [3.8, 4) is 17.1 Å². The van der Waals surface area contributed by atoms with Gasteiger partial charge < -0.3 is 9.72 Å². The van der Waals surface area contributed by atoms with Gasteiger partial charge in [0.15, 0.2) is 0 Å². The lowest BCUT2D eigenvalue weighted by Gasteiger charge is -2.07. The molecule has 0 atom stereocenters. The number of para-hydroxylation sites is 1. The van der Waals surface area contributed by atoms with Crippen LogP contribution in [0.15, 0.2) is 78.9 Å². The van der Waals surface area contributed by atoms with Crippen LogP contribution in [0, 0.1) is 6.92 Å². The molecule has 164 valence electrons. The largest absolute Gasteiger partial charge is 0.427 e. The molecule has 33 heavy (non-hydrogen) atoms. The predicted molar refractivity (Wildman–Crippen MR) is 134 cm³/mol. The molecule has 0 spiro atoms. The number of carbonyl (C=O) groups excluding carboxylic acids is 1. The molecular weight excluding hydrogens is 432 g/mol. The molecule has 0 aliphatic carbocycles. The second-order valence-corrected chi connectivity index (χ2v) is 8.63. The number of halogens is 1. The van der Waals surface area contributed by atoms with Crippen molar-refractivity contribution in [2.75, 3.05) is 0 Å². The Kier molecular flexibility index (Phi) is 5.84. The summed E-state index contributed by atoms with van der Waals surface area (Å²) in [6.45, 7) is 2.00. The molecular formula is C28H23ClN2O2. The molecule has 0 amide bonds. The topological polar surface area (TPSA) is 55.0 Å². The maximum absolute atomic E-state index is 12.4. The van der Waals surface area contributed by atoms with Gasteiger partial charge in [0, 0.05) is 27.7 Å². The van der Waals surface area contributed by atoms with Gasteiger partial charge in [-0.2, -0.15) is 0 Å². The van der Waals surface area contributed by atoms with Crippen molar-refractivity contribution in [3.63, 3.8) is 0 Å². The van der Waals surface area contributed by atoms with Crippen LogP contribution in [-0.2, 0) is 11.2 Å². The van der Waals surface area contributed by atoms with Gasteiger partial charge in [0.25, 0.3) is 0 Å². The van der Waals surface area contributed by atoms with Crippen molar-refractivity contribution in [2.45, 2.75) is 26.2 Å². The molecule has 0 bridgehead atoms. The van der Waals surface area contributed by atoms with Gasteiger partial charge in [0.1, 0.15) is 5.75 Å². The Morgan fingerprint density at radius 3 is 2.67 bits per heavy atom. The van der Waals surface area contributed by atoms with E-state index in [2.05, 4.69) is 17.1 Å². The molecule has 5 aromatic rings. The number of hydrogen-bond donors (Lipinski definition) is 1. The highest BCUT2D eigenvalue weighted by molar-refractivity contribution is 6.31. The molecule has 0 saturated carbocycles. The highest BCUT2D eigenvalue weighted by Gasteiger charge is 2.16. The molecule has 3 aromatic carbocycles. The third-order valence-electron chi connectivity index (χ3n) is 5.78. The summed E-state index contributed by atoms with van der Waals surface area (Å²) in [6.07, 6.45) is 1.68. The molecule has 4 nitrogen and oxygen atoms in total. The molecule has 2 aromatic heterocycles. The second-order valence-electron chi connectivity index (χ2n) is 8.20. The zero-order valence-electron chi connectivity index (χ0n) is 18.3. The van der Waals surface area contributed by atoms with E-state index in [0.717, 1.165) is 44.3 Å². The van der Waals surface area contributed by atoms with Gasteiger partial charge in [-0.15, -0.1) is 0 Å². The molecule has 0 saturated heterocycles. The molecule has 5 rings (SSSR count). The number of aromatic amines is 1. The minimum Gasteiger partial charge on any atom is -0.427 e. The van der Waals surface area contributed by atoms with Crippen molar-refractivity contribution in [1.82, 2.24) is 9.97 Å². The first-order chi connectivity index (χ1) is 16.1. The lowest BCUT2D eigenvalue weighted by Crippen LogP contribution is -2.08. The smallest absolute Gasteiger partial charge is 0.311 e. The summed E-state index contributed by atoms with van der Waals surface area (Å²) in [5.41, 5.74) is 6.02. The van der Waals surface area contributed by atoms with E-state index in [-0.39, 0.29) is 5.97 Å². The van der Waals surface area contributed by atoms with Crippen molar-refractivity contribution in [2.24, 2.45) is 0 Å². The number of aromatic nitrogens is 2. The summed E-state index contributed by atoms with van der Waals surface area (Å²) in [5, 5.41) is 2.83. The van der Waals surface area contributed by atoms with Crippen LogP contribution in [0.3, 0.4) is 0 Å². The van der Waals surface area contributed by atoms with Gasteiger partial charge in [-0.3, -0.25) is 4.79 Å². The number of H-pyrrole nitrogens is 1. The van der Waals surface area contributed by atoms with Crippen LogP contribution in [0.1, 0.15) is 24.0 Å². The van der Waals surface area contributed by atoms with Crippen LogP contribution < -0.4 is 4.74 Å². The van der Waals surface area contributed by atoms with Gasteiger partial charge in [-0.25, -0.2) is 4.98 Å². The molecule has 0 radical (unpaired) electrons. The third-order valence-corrected chi connectivity index (χ3v) is 6.02. The Hall–Kier alpha value is -3.63. The number of benzene rings is 3. The van der Waals surface area contributed by atoms with Crippen LogP contribution in [-0.4, -0.2) is 15.9 Å². The maximum atomic E-state index is 12.4. The zero-order chi connectivity index (χ0) is 22.8. The number of ether oxygens (including phenoxy) is 1. The van der Waals surface area contributed by atoms with Crippen LogP contribution in [0.2, 0.25) is 5.02 Å². The standard InChI is InChI=1S/C28H23ClN2O2/c1-18-9-13-21(14-10-18)33-27(32)8-4-6-22-23-17-20(29)12-16-25(23)31-28(22)26-15-11-19-5-2-3-7-24(19)30-26/h2-3,5,7,9-17,31H,4,6,8H2,1H3. The van der Waals surface area contributed by atoms with Crippen LogP contribution in [0.5, 0.6) is 5.75 Å². The third kappa shape index (κ3) is 4.62. The second kappa shape index (κ2) is 9.08. The van der Waals surface area contributed by atoms with E-state index in [4.69, 9.17) is 21.3 Å². The summed E-state index contributed by atoms with van der Waals surface area (Å²) >= 11 is 6.31. The number of pyridine rings is 1. The number of rotatable bonds is 6. The Labute approximate surface area is 197 Å². The summed E-state index contributed by atoms with van der Waals surface area (Å²) in [6, 6.07) is 25.5. The number of nitrogens with one attached hydrogen (secondary N) is 1. The van der Waals surface area contributed by atoms with E-state index in [0.29, 0.717) is 30.0 Å². The summed E-state index contributed by atoms with van der Waals surface area (Å²) in [4.78, 5) is 20.8. The highest BCUT2D eigenvalue weighted by Crippen LogP contribution is 2.33. The molecule has 0 aliphatic heterocycles. The van der Waals surface area contributed by atoms with Gasteiger partial charge in [-0.05, 0) is 67.8 Å². The average Bonchev–Trinajstić information content (AvgIpc) is 3.18. The summed E-state index contributed by atoms with van der Waals surface area (Å²) in [7, 11) is 0. The fourth-order valence-corrected chi connectivity index (χ4v) is 4.27. The maximum Gasteiger partial charge on any atom is 0.311 e. The first kappa shape index (κ1) is 21.2. The fraction of sp³-hybridized carbons (Fsp3) is 0.143. The first-order valence-electron chi connectivity index (χ1n) is 11.0. The molecule has 0 unspecified atom stereocenters. The minimum atomic E-state index is -0.234. The molecule has 2 heterocycles. The summed E-state index contributed by atoms with van der Waals surface area (Å²) < 4.78 is 5.48. The Balaban J connectivity index is 1.40. The van der Waals surface area contributed by atoms with Crippen molar-refractivity contribution < 1.29 is 9.53 Å². The van der Waals surface area contributed by atoms with Crippen LogP contribution in [0.25, 0.3) is 33.2 Å². The molecule has 1 N–H and O–H groups in total. The molecule has 5 heteroatoms.